The third-order valence-electron chi connectivity index (χ3n) is 6.12. The molecule has 0 saturated carbocycles. The average molecular weight is 495 g/mol. The number of amides is 1. The van der Waals surface area contributed by atoms with Crippen LogP contribution in [0.4, 0.5) is 8.78 Å². The highest BCUT2D eigenvalue weighted by Crippen LogP contribution is 2.29. The summed E-state index contributed by atoms with van der Waals surface area (Å²) in [5.74, 6) is -1.29. The van der Waals surface area contributed by atoms with Gasteiger partial charge in [0.2, 0.25) is 0 Å². The molecule has 2 heterocycles. The molecule has 2 aromatic heterocycles. The molecule has 36 heavy (non-hydrogen) atoms. The molecule has 0 saturated heterocycles. The van der Waals surface area contributed by atoms with Crippen LogP contribution in [0.1, 0.15) is 66.7 Å². The highest BCUT2D eigenvalue weighted by Gasteiger charge is 2.32. The lowest BCUT2D eigenvalue weighted by Gasteiger charge is -2.30. The van der Waals surface area contributed by atoms with E-state index in [2.05, 4.69) is 15.4 Å². The van der Waals surface area contributed by atoms with Crippen molar-refractivity contribution in [3.8, 4) is 11.4 Å². The topological polar surface area (TPSA) is 99.5 Å². The number of nitrogens with zero attached hydrogens (tertiary/aromatic N) is 2. The van der Waals surface area contributed by atoms with Crippen LogP contribution in [0.25, 0.3) is 16.9 Å². The van der Waals surface area contributed by atoms with E-state index >= 15 is 0 Å². The van der Waals surface area contributed by atoms with Crippen LogP contribution >= 0.6 is 0 Å². The Hall–Kier alpha value is -3.85. The number of aromatic nitrogens is 3. The number of halogens is 2. The minimum absolute atomic E-state index is 0.205. The first-order chi connectivity index (χ1) is 16.9. The number of carbonyl (C=O) groups excluding carboxylic acids is 1. The Morgan fingerprint density at radius 2 is 1.81 bits per heavy atom. The molecule has 2 aromatic carbocycles. The largest absolute Gasteiger partial charge is 0.388 e. The van der Waals surface area contributed by atoms with Gasteiger partial charge in [0, 0.05) is 17.3 Å². The monoisotopic (exact) mass is 494 g/mol. The lowest BCUT2D eigenvalue weighted by atomic mass is 9.91. The van der Waals surface area contributed by atoms with Gasteiger partial charge in [-0.05, 0) is 68.1 Å². The third-order valence-corrected chi connectivity index (χ3v) is 6.12. The van der Waals surface area contributed by atoms with Gasteiger partial charge in [0.15, 0.2) is 5.82 Å². The number of fused-ring (bicyclic) bond motifs is 1. The van der Waals surface area contributed by atoms with E-state index in [-0.39, 0.29) is 28.6 Å². The van der Waals surface area contributed by atoms with Gasteiger partial charge in [0.05, 0.1) is 17.2 Å². The second kappa shape index (κ2) is 9.31. The molecule has 0 aliphatic carbocycles. The molecule has 0 aliphatic heterocycles. The van der Waals surface area contributed by atoms with Gasteiger partial charge in [-0.15, -0.1) is 5.10 Å². The Kier molecular flexibility index (Phi) is 6.53. The summed E-state index contributed by atoms with van der Waals surface area (Å²) in [5.41, 5.74) is 0.594. The molecule has 188 valence electrons. The number of hydrogen-bond acceptors (Lipinski definition) is 4. The number of H-pyrrole nitrogens is 1. The maximum absolute atomic E-state index is 13.7. The SMILES string of the molecule is Cc1cc(-c2nn3cc(C(=O)N[C@@H](c4ccc(F)cc4)C(C)(C)O)c(C(C)C)c3c(=O)[nH]2)ccc1F. The highest BCUT2D eigenvalue weighted by atomic mass is 19.1. The van der Waals surface area contributed by atoms with Crippen molar-refractivity contribution in [2.45, 2.75) is 52.2 Å². The normalized spacial score (nSPS) is 12.8. The van der Waals surface area contributed by atoms with Crippen LogP contribution in [0.5, 0.6) is 0 Å². The van der Waals surface area contributed by atoms with Crippen LogP contribution in [-0.4, -0.2) is 31.2 Å². The zero-order valence-corrected chi connectivity index (χ0v) is 20.7. The van der Waals surface area contributed by atoms with Gasteiger partial charge in [0.1, 0.15) is 17.2 Å². The summed E-state index contributed by atoms with van der Waals surface area (Å²) in [4.78, 5) is 29.4. The Balaban J connectivity index is 1.80. The van der Waals surface area contributed by atoms with Crippen LogP contribution in [0, 0.1) is 18.6 Å². The lowest BCUT2D eigenvalue weighted by molar-refractivity contribution is 0.0343. The van der Waals surface area contributed by atoms with Crippen molar-refractivity contribution in [1.29, 1.82) is 0 Å². The molecule has 0 radical (unpaired) electrons. The first-order valence-corrected chi connectivity index (χ1v) is 11.6. The zero-order chi connectivity index (χ0) is 26.4. The van der Waals surface area contributed by atoms with Crippen LogP contribution in [0.2, 0.25) is 0 Å². The Labute approximate surface area is 206 Å². The van der Waals surface area contributed by atoms with E-state index in [1.54, 1.807) is 26.8 Å². The molecule has 0 bridgehead atoms. The number of aryl methyl sites for hydroxylation is 1. The molecule has 1 amide bonds. The van der Waals surface area contributed by atoms with Crippen molar-refractivity contribution in [2.75, 3.05) is 0 Å². The molecular weight excluding hydrogens is 466 g/mol. The highest BCUT2D eigenvalue weighted by molar-refractivity contribution is 5.98. The van der Waals surface area contributed by atoms with Crippen molar-refractivity contribution in [1.82, 2.24) is 19.9 Å². The number of benzene rings is 2. The fraction of sp³-hybridized carbons (Fsp3) is 0.296. The minimum atomic E-state index is -1.37. The van der Waals surface area contributed by atoms with Crippen LogP contribution in [-0.2, 0) is 0 Å². The minimum Gasteiger partial charge on any atom is -0.388 e. The maximum atomic E-state index is 13.7. The number of aromatic amines is 1. The van der Waals surface area contributed by atoms with Crippen molar-refractivity contribution in [3.63, 3.8) is 0 Å². The second-order valence-electron chi connectivity index (χ2n) is 9.78. The molecule has 0 aliphatic rings. The number of aliphatic hydroxyl groups is 1. The summed E-state index contributed by atoms with van der Waals surface area (Å²) in [6.45, 7) is 8.42. The summed E-state index contributed by atoms with van der Waals surface area (Å²) in [7, 11) is 0. The predicted molar refractivity (Wildman–Crippen MR) is 133 cm³/mol. The number of hydrogen-bond donors (Lipinski definition) is 3. The molecule has 3 N–H and O–H groups in total. The summed E-state index contributed by atoms with van der Waals surface area (Å²) in [6.07, 6.45) is 1.47. The second-order valence-corrected chi connectivity index (χ2v) is 9.78. The van der Waals surface area contributed by atoms with E-state index in [0.29, 0.717) is 22.3 Å². The van der Waals surface area contributed by atoms with Gasteiger partial charge in [-0.25, -0.2) is 13.3 Å². The Bertz CT molecular complexity index is 1500. The number of nitrogens with one attached hydrogen (secondary N) is 2. The predicted octanol–water partition coefficient (Wildman–Crippen LogP) is 4.64. The molecule has 7 nitrogen and oxygen atoms in total. The van der Waals surface area contributed by atoms with E-state index < -0.39 is 28.9 Å². The van der Waals surface area contributed by atoms with Crippen molar-refractivity contribution in [2.24, 2.45) is 0 Å². The van der Waals surface area contributed by atoms with Gasteiger partial charge < -0.3 is 15.4 Å². The zero-order valence-electron chi connectivity index (χ0n) is 20.7. The molecule has 0 fully saturated rings. The van der Waals surface area contributed by atoms with E-state index in [1.165, 1.54) is 47.1 Å². The first-order valence-electron chi connectivity index (χ1n) is 11.6. The van der Waals surface area contributed by atoms with Crippen molar-refractivity contribution >= 4 is 11.4 Å². The van der Waals surface area contributed by atoms with Gasteiger partial charge in [-0.2, -0.15) is 0 Å². The van der Waals surface area contributed by atoms with Gasteiger partial charge in [-0.3, -0.25) is 9.59 Å². The fourth-order valence-electron chi connectivity index (χ4n) is 4.33. The molecule has 1 atom stereocenters. The van der Waals surface area contributed by atoms with E-state index in [9.17, 15) is 23.5 Å². The fourth-order valence-corrected chi connectivity index (χ4v) is 4.33. The molecular formula is C27H28F2N4O3. The molecule has 4 aromatic rings. The Morgan fingerprint density at radius 3 is 2.39 bits per heavy atom. The summed E-state index contributed by atoms with van der Waals surface area (Å²) < 4.78 is 28.5. The van der Waals surface area contributed by atoms with Gasteiger partial charge in [-0.1, -0.05) is 26.0 Å². The van der Waals surface area contributed by atoms with Crippen molar-refractivity contribution in [3.05, 3.63) is 92.9 Å². The third kappa shape index (κ3) is 4.79. The smallest absolute Gasteiger partial charge is 0.275 e. The molecule has 4 rings (SSSR count). The number of carbonyl (C=O) groups is 1. The molecule has 9 heteroatoms. The Morgan fingerprint density at radius 1 is 1.14 bits per heavy atom. The molecule has 0 spiro atoms. The van der Waals surface area contributed by atoms with Crippen LogP contribution in [0.3, 0.4) is 0 Å². The summed E-state index contributed by atoms with van der Waals surface area (Å²) in [6, 6.07) is 9.07. The summed E-state index contributed by atoms with van der Waals surface area (Å²) >= 11 is 0. The van der Waals surface area contributed by atoms with Gasteiger partial charge >= 0.3 is 0 Å². The molecule has 0 unspecified atom stereocenters. The van der Waals surface area contributed by atoms with E-state index in [1.807, 2.05) is 13.8 Å². The summed E-state index contributed by atoms with van der Waals surface area (Å²) in [5, 5.41) is 18.1. The van der Waals surface area contributed by atoms with Crippen LogP contribution < -0.4 is 10.9 Å². The number of rotatable bonds is 6. The average Bonchev–Trinajstić information content (AvgIpc) is 3.20. The first kappa shape index (κ1) is 25.2. The lowest BCUT2D eigenvalue weighted by Crippen LogP contribution is -2.42. The maximum Gasteiger partial charge on any atom is 0.275 e. The van der Waals surface area contributed by atoms with E-state index in [4.69, 9.17) is 0 Å². The standard InChI is InChI=1S/C27H28F2N4O3/c1-14(2)21-19(25(34)30-23(27(4,5)36)16-6-9-18(28)10-7-16)13-33-22(21)26(35)31-24(32-33)17-8-11-20(29)15(3)12-17/h6-14,23,36H,1-5H3,(H,30,34)(H,31,32,35)/t23-/m0/s1. The van der Waals surface area contributed by atoms with Crippen molar-refractivity contribution < 1.29 is 18.7 Å². The van der Waals surface area contributed by atoms with E-state index in [0.717, 1.165) is 0 Å². The van der Waals surface area contributed by atoms with Crippen LogP contribution in [0.15, 0.2) is 53.5 Å². The quantitative estimate of drug-likeness (QED) is 0.364. The van der Waals surface area contributed by atoms with Gasteiger partial charge in [0.25, 0.3) is 11.5 Å².